The average molecular weight is 221 g/mol. The first-order valence-corrected chi connectivity index (χ1v) is 6.07. The van der Waals surface area contributed by atoms with Gasteiger partial charge in [0.15, 0.2) is 0 Å². The number of hydrogen-bond donors (Lipinski definition) is 2. The number of hydrogen-bond acceptors (Lipinski definition) is 2. The molecule has 3 nitrogen and oxygen atoms in total. The van der Waals surface area contributed by atoms with E-state index < -0.39 is 0 Å². The molecule has 3 heteroatoms. The molecule has 0 radical (unpaired) electrons. The monoisotopic (exact) mass is 221 g/mol. The Bertz CT molecular complexity index is 362. The normalized spacial score (nSPS) is 22.3. The van der Waals surface area contributed by atoms with Gasteiger partial charge in [0.1, 0.15) is 0 Å². The topological polar surface area (TPSA) is 40.7 Å². The van der Waals surface area contributed by atoms with Crippen molar-refractivity contribution in [2.45, 2.75) is 41.2 Å². The highest BCUT2D eigenvalue weighted by atomic mass is 15.1. The number of nitrogens with one attached hydrogen (secondary N) is 2. The van der Waals surface area contributed by atoms with Crippen molar-refractivity contribution in [2.75, 3.05) is 6.54 Å². The van der Waals surface area contributed by atoms with E-state index in [1.165, 1.54) is 11.3 Å². The molecule has 1 aromatic rings. The van der Waals surface area contributed by atoms with E-state index in [-0.39, 0.29) is 0 Å². The van der Waals surface area contributed by atoms with Gasteiger partial charge in [-0.3, -0.25) is 5.10 Å². The van der Waals surface area contributed by atoms with Gasteiger partial charge in [-0.25, -0.2) is 0 Å². The molecule has 0 saturated heterocycles. The molecule has 1 heterocycles. The largest absolute Gasteiger partial charge is 0.312 e. The van der Waals surface area contributed by atoms with E-state index >= 15 is 0 Å². The summed E-state index contributed by atoms with van der Waals surface area (Å²) in [5, 5.41) is 10.5. The van der Waals surface area contributed by atoms with Crippen LogP contribution in [0, 0.1) is 23.7 Å². The third kappa shape index (κ3) is 1.67. The highest BCUT2D eigenvalue weighted by Crippen LogP contribution is 2.67. The number of aromatic amines is 1. The van der Waals surface area contributed by atoms with Crippen molar-refractivity contribution in [3.8, 4) is 0 Å². The Morgan fingerprint density at radius 2 is 1.94 bits per heavy atom. The standard InChI is InChI=1S/C13H23N3/c1-9-10(7-15-16-9)6-14-8-11-12(2,3)13(11,4)5/h7,11,14H,6,8H2,1-5H3,(H,15,16). The quantitative estimate of drug-likeness (QED) is 0.820. The molecule has 0 aliphatic heterocycles. The second kappa shape index (κ2) is 3.59. The summed E-state index contributed by atoms with van der Waals surface area (Å²) in [7, 11) is 0. The number of aromatic nitrogens is 2. The molecule has 90 valence electrons. The van der Waals surface area contributed by atoms with E-state index in [4.69, 9.17) is 0 Å². The summed E-state index contributed by atoms with van der Waals surface area (Å²) in [6.07, 6.45) is 1.91. The third-order valence-electron chi connectivity index (χ3n) is 4.92. The zero-order valence-electron chi connectivity index (χ0n) is 11.0. The minimum absolute atomic E-state index is 0.478. The predicted molar refractivity (Wildman–Crippen MR) is 66.1 cm³/mol. The first-order chi connectivity index (χ1) is 7.37. The molecule has 0 bridgehead atoms. The number of H-pyrrole nitrogens is 1. The smallest absolute Gasteiger partial charge is 0.0535 e. The fourth-order valence-corrected chi connectivity index (χ4v) is 2.75. The van der Waals surface area contributed by atoms with E-state index in [1.54, 1.807) is 0 Å². The van der Waals surface area contributed by atoms with Crippen LogP contribution in [0.25, 0.3) is 0 Å². The Morgan fingerprint density at radius 1 is 1.31 bits per heavy atom. The highest BCUT2D eigenvalue weighted by molar-refractivity contribution is 5.15. The zero-order chi connectivity index (χ0) is 12.0. The molecule has 16 heavy (non-hydrogen) atoms. The predicted octanol–water partition coefficient (Wildman–Crippen LogP) is 2.49. The van der Waals surface area contributed by atoms with Crippen LogP contribution in [-0.4, -0.2) is 16.7 Å². The Morgan fingerprint density at radius 3 is 2.38 bits per heavy atom. The zero-order valence-corrected chi connectivity index (χ0v) is 11.0. The molecule has 2 rings (SSSR count). The van der Waals surface area contributed by atoms with Gasteiger partial charge in [-0.1, -0.05) is 27.7 Å². The van der Waals surface area contributed by atoms with E-state index in [2.05, 4.69) is 50.1 Å². The first-order valence-electron chi connectivity index (χ1n) is 6.07. The second-order valence-electron chi connectivity index (χ2n) is 6.15. The molecule has 0 amide bonds. The van der Waals surface area contributed by atoms with Crippen molar-refractivity contribution in [3.63, 3.8) is 0 Å². The van der Waals surface area contributed by atoms with Gasteiger partial charge in [0.2, 0.25) is 0 Å². The maximum absolute atomic E-state index is 4.03. The number of nitrogens with zero attached hydrogens (tertiary/aromatic N) is 1. The first kappa shape index (κ1) is 11.6. The fraction of sp³-hybridized carbons (Fsp3) is 0.769. The average Bonchev–Trinajstić information content (AvgIpc) is 2.52. The summed E-state index contributed by atoms with van der Waals surface area (Å²) in [4.78, 5) is 0. The fourth-order valence-electron chi connectivity index (χ4n) is 2.75. The Kier molecular flexibility index (Phi) is 2.61. The third-order valence-corrected chi connectivity index (χ3v) is 4.92. The number of aryl methyl sites for hydroxylation is 1. The Labute approximate surface area is 98.0 Å². The molecule has 0 unspecified atom stereocenters. The van der Waals surface area contributed by atoms with E-state index in [1.807, 2.05) is 6.20 Å². The van der Waals surface area contributed by atoms with Crippen LogP contribution in [0.3, 0.4) is 0 Å². The molecule has 2 N–H and O–H groups in total. The van der Waals surface area contributed by atoms with Crippen molar-refractivity contribution in [1.29, 1.82) is 0 Å². The maximum atomic E-state index is 4.03. The lowest BCUT2D eigenvalue weighted by molar-refractivity contribution is 0.457. The van der Waals surface area contributed by atoms with Gasteiger partial charge < -0.3 is 5.32 Å². The molecular formula is C13H23N3. The van der Waals surface area contributed by atoms with E-state index in [0.717, 1.165) is 19.0 Å². The van der Waals surface area contributed by atoms with Crippen LogP contribution in [0.4, 0.5) is 0 Å². The lowest BCUT2D eigenvalue weighted by Crippen LogP contribution is -2.19. The van der Waals surface area contributed by atoms with Crippen LogP contribution < -0.4 is 5.32 Å². The van der Waals surface area contributed by atoms with Crippen molar-refractivity contribution < 1.29 is 0 Å². The summed E-state index contributed by atoms with van der Waals surface area (Å²) in [5.41, 5.74) is 3.40. The molecule has 1 saturated carbocycles. The lowest BCUT2D eigenvalue weighted by Gasteiger charge is -2.05. The summed E-state index contributed by atoms with van der Waals surface area (Å²) in [6.45, 7) is 13.5. The molecular weight excluding hydrogens is 198 g/mol. The van der Waals surface area contributed by atoms with Crippen LogP contribution in [0.15, 0.2) is 6.20 Å². The van der Waals surface area contributed by atoms with E-state index in [9.17, 15) is 0 Å². The van der Waals surface area contributed by atoms with E-state index in [0.29, 0.717) is 10.8 Å². The molecule has 1 aliphatic carbocycles. The maximum Gasteiger partial charge on any atom is 0.0535 e. The molecule has 0 aromatic carbocycles. The van der Waals surface area contributed by atoms with Gasteiger partial charge in [-0.05, 0) is 30.2 Å². The van der Waals surface area contributed by atoms with Gasteiger partial charge >= 0.3 is 0 Å². The van der Waals surface area contributed by atoms with Crippen LogP contribution in [0.2, 0.25) is 0 Å². The molecule has 1 aliphatic rings. The van der Waals surface area contributed by atoms with Crippen molar-refractivity contribution in [3.05, 3.63) is 17.5 Å². The summed E-state index contributed by atoms with van der Waals surface area (Å²) in [6, 6.07) is 0. The van der Waals surface area contributed by atoms with Crippen molar-refractivity contribution >= 4 is 0 Å². The Balaban J connectivity index is 1.81. The molecule has 0 spiro atoms. The van der Waals surface area contributed by atoms with Gasteiger partial charge in [0.25, 0.3) is 0 Å². The molecule has 0 atom stereocenters. The lowest BCUT2D eigenvalue weighted by atomic mass is 10.0. The van der Waals surface area contributed by atoms with Crippen LogP contribution in [0.5, 0.6) is 0 Å². The van der Waals surface area contributed by atoms with Crippen molar-refractivity contribution in [1.82, 2.24) is 15.5 Å². The second-order valence-corrected chi connectivity index (χ2v) is 6.15. The summed E-state index contributed by atoms with van der Waals surface area (Å²) < 4.78 is 0. The summed E-state index contributed by atoms with van der Waals surface area (Å²) in [5.74, 6) is 0.784. The minimum Gasteiger partial charge on any atom is -0.312 e. The van der Waals surface area contributed by atoms with Gasteiger partial charge in [0.05, 0.1) is 6.20 Å². The van der Waals surface area contributed by atoms with Gasteiger partial charge in [-0.15, -0.1) is 0 Å². The van der Waals surface area contributed by atoms with Crippen LogP contribution >= 0.6 is 0 Å². The minimum atomic E-state index is 0.478. The molecule has 1 fully saturated rings. The van der Waals surface area contributed by atoms with Crippen LogP contribution in [-0.2, 0) is 6.54 Å². The Hall–Kier alpha value is -0.830. The van der Waals surface area contributed by atoms with Crippen molar-refractivity contribution in [2.24, 2.45) is 16.7 Å². The molecule has 1 aromatic heterocycles. The summed E-state index contributed by atoms with van der Waals surface area (Å²) >= 11 is 0. The number of rotatable bonds is 4. The van der Waals surface area contributed by atoms with Gasteiger partial charge in [-0.2, -0.15) is 5.10 Å². The van der Waals surface area contributed by atoms with Crippen LogP contribution in [0.1, 0.15) is 39.0 Å². The van der Waals surface area contributed by atoms with Gasteiger partial charge in [0, 0.05) is 17.8 Å². The highest BCUT2D eigenvalue weighted by Gasteiger charge is 2.63. The SMILES string of the molecule is Cc1[nH]ncc1CNCC1C(C)(C)C1(C)C.